The normalized spacial score (nSPS) is 10.6. The predicted molar refractivity (Wildman–Crippen MR) is 54.8 cm³/mol. The van der Waals surface area contributed by atoms with Gasteiger partial charge in [-0.2, -0.15) is 0 Å². The molecule has 2 aromatic rings. The van der Waals surface area contributed by atoms with Crippen LogP contribution < -0.4 is 5.56 Å². The molecule has 0 aliphatic heterocycles. The van der Waals surface area contributed by atoms with Gasteiger partial charge in [0.15, 0.2) is 0 Å². The fraction of sp³-hybridized carbons (Fsp3) is 0.111. The van der Waals surface area contributed by atoms with Gasteiger partial charge in [0.25, 0.3) is 5.56 Å². The maximum Gasteiger partial charge on any atom is 0.258 e. The second kappa shape index (κ2) is 2.96. The molecule has 1 heterocycles. The van der Waals surface area contributed by atoms with Crippen LogP contribution in [0.3, 0.4) is 0 Å². The average molecular weight is 239 g/mol. The van der Waals surface area contributed by atoms with Gasteiger partial charge in [-0.3, -0.25) is 4.79 Å². The molecule has 66 valence electrons. The molecule has 2 rings (SSSR count). The lowest BCUT2D eigenvalue weighted by Gasteiger charge is -1.99. The van der Waals surface area contributed by atoms with Crippen LogP contribution in [0.15, 0.2) is 27.5 Å². The number of H-pyrrole nitrogens is 1. The number of nitrogens with one attached hydrogen (secondary N) is 1. The van der Waals surface area contributed by atoms with Crippen molar-refractivity contribution in [1.82, 2.24) is 9.97 Å². The molecule has 0 amide bonds. The first-order chi connectivity index (χ1) is 6.18. The minimum absolute atomic E-state index is 0.0937. The maximum atomic E-state index is 11.4. The van der Waals surface area contributed by atoms with E-state index in [1.807, 2.05) is 12.1 Å². The van der Waals surface area contributed by atoms with Crippen molar-refractivity contribution in [2.75, 3.05) is 0 Å². The van der Waals surface area contributed by atoms with E-state index in [2.05, 4.69) is 25.9 Å². The summed E-state index contributed by atoms with van der Waals surface area (Å²) in [5, 5.41) is 0.611. The first kappa shape index (κ1) is 8.44. The fourth-order valence-corrected chi connectivity index (χ4v) is 1.69. The molecular formula is C9H7BrN2O. The largest absolute Gasteiger partial charge is 0.310 e. The van der Waals surface area contributed by atoms with E-state index in [-0.39, 0.29) is 5.56 Å². The number of para-hydroxylation sites is 1. The highest BCUT2D eigenvalue weighted by molar-refractivity contribution is 9.10. The van der Waals surface area contributed by atoms with Crippen LogP contribution in [0, 0.1) is 6.92 Å². The molecule has 1 aromatic carbocycles. The molecule has 0 atom stereocenters. The Bertz CT molecular complexity index is 518. The van der Waals surface area contributed by atoms with Gasteiger partial charge < -0.3 is 4.98 Å². The first-order valence-electron chi connectivity index (χ1n) is 3.83. The summed E-state index contributed by atoms with van der Waals surface area (Å²) in [4.78, 5) is 18.3. The van der Waals surface area contributed by atoms with Crippen molar-refractivity contribution in [3.05, 3.63) is 38.9 Å². The molecule has 0 radical (unpaired) electrons. The van der Waals surface area contributed by atoms with Crippen molar-refractivity contribution < 1.29 is 0 Å². The number of hydrogen-bond acceptors (Lipinski definition) is 2. The molecule has 1 aromatic heterocycles. The van der Waals surface area contributed by atoms with Crippen LogP contribution in [0.25, 0.3) is 10.9 Å². The lowest BCUT2D eigenvalue weighted by atomic mass is 10.2. The third kappa shape index (κ3) is 1.37. The third-order valence-corrected chi connectivity index (χ3v) is 2.45. The van der Waals surface area contributed by atoms with Crippen molar-refractivity contribution in [2.45, 2.75) is 6.92 Å². The summed E-state index contributed by atoms with van der Waals surface area (Å²) >= 11 is 3.35. The lowest BCUT2D eigenvalue weighted by molar-refractivity contribution is 1.06. The fourth-order valence-electron chi connectivity index (χ4n) is 1.24. The highest BCUT2D eigenvalue weighted by Crippen LogP contribution is 2.18. The van der Waals surface area contributed by atoms with Crippen LogP contribution in [0.2, 0.25) is 0 Å². The molecule has 1 N–H and O–H groups in total. The van der Waals surface area contributed by atoms with E-state index in [1.54, 1.807) is 13.0 Å². The second-order valence-corrected chi connectivity index (χ2v) is 3.64. The second-order valence-electron chi connectivity index (χ2n) is 2.79. The Hall–Kier alpha value is -1.16. The Morgan fingerprint density at radius 1 is 1.46 bits per heavy atom. The van der Waals surface area contributed by atoms with Gasteiger partial charge in [-0.15, -0.1) is 0 Å². The quantitative estimate of drug-likeness (QED) is 0.764. The molecule has 13 heavy (non-hydrogen) atoms. The minimum Gasteiger partial charge on any atom is -0.310 e. The van der Waals surface area contributed by atoms with Gasteiger partial charge in [-0.05, 0) is 35.0 Å². The standard InChI is InChI=1S/C9H7BrN2O/c1-5-11-8-6(9(13)12-5)3-2-4-7(8)10/h2-4H,1H3,(H,11,12,13). The third-order valence-electron chi connectivity index (χ3n) is 1.81. The smallest absolute Gasteiger partial charge is 0.258 e. The first-order valence-corrected chi connectivity index (χ1v) is 4.63. The molecule has 0 spiro atoms. The number of benzene rings is 1. The number of halogens is 1. The van der Waals surface area contributed by atoms with Crippen LogP contribution in [-0.2, 0) is 0 Å². The number of aryl methyl sites for hydroxylation is 1. The molecule has 0 aliphatic rings. The van der Waals surface area contributed by atoms with Crippen LogP contribution in [0.1, 0.15) is 5.82 Å². The topological polar surface area (TPSA) is 45.8 Å². The van der Waals surface area contributed by atoms with Gasteiger partial charge in [0.05, 0.1) is 10.9 Å². The highest BCUT2D eigenvalue weighted by Gasteiger charge is 2.03. The van der Waals surface area contributed by atoms with Gasteiger partial charge in [0, 0.05) is 4.47 Å². The Morgan fingerprint density at radius 2 is 2.23 bits per heavy atom. The van der Waals surface area contributed by atoms with Crippen LogP contribution in [0.5, 0.6) is 0 Å². The summed E-state index contributed by atoms with van der Waals surface area (Å²) in [7, 11) is 0. The van der Waals surface area contributed by atoms with E-state index in [9.17, 15) is 4.79 Å². The Labute approximate surface area is 82.9 Å². The van der Waals surface area contributed by atoms with E-state index in [4.69, 9.17) is 0 Å². The summed E-state index contributed by atoms with van der Waals surface area (Å²) in [5.74, 6) is 0.629. The molecular weight excluding hydrogens is 232 g/mol. The van der Waals surface area contributed by atoms with Gasteiger partial charge >= 0.3 is 0 Å². The number of hydrogen-bond donors (Lipinski definition) is 1. The zero-order valence-corrected chi connectivity index (χ0v) is 8.55. The van der Waals surface area contributed by atoms with E-state index >= 15 is 0 Å². The molecule has 0 saturated heterocycles. The Kier molecular flexibility index (Phi) is 1.92. The molecule has 0 saturated carbocycles. The Balaban J connectivity index is 3.03. The number of aromatic amines is 1. The predicted octanol–water partition coefficient (Wildman–Crippen LogP) is 1.99. The van der Waals surface area contributed by atoms with Gasteiger partial charge in [-0.1, -0.05) is 6.07 Å². The van der Waals surface area contributed by atoms with Crippen LogP contribution >= 0.6 is 15.9 Å². The SMILES string of the molecule is Cc1nc2c(Br)cccc2c(=O)[nH]1. The Morgan fingerprint density at radius 3 is 3.00 bits per heavy atom. The van der Waals surface area contributed by atoms with E-state index < -0.39 is 0 Å². The monoisotopic (exact) mass is 238 g/mol. The highest BCUT2D eigenvalue weighted by atomic mass is 79.9. The maximum absolute atomic E-state index is 11.4. The molecule has 0 unspecified atom stereocenters. The van der Waals surface area contributed by atoms with Crippen molar-refractivity contribution in [3.8, 4) is 0 Å². The number of rotatable bonds is 0. The summed E-state index contributed by atoms with van der Waals surface area (Å²) in [6.07, 6.45) is 0. The molecule has 0 bridgehead atoms. The summed E-state index contributed by atoms with van der Waals surface area (Å²) in [6.45, 7) is 1.76. The number of fused-ring (bicyclic) bond motifs is 1. The zero-order chi connectivity index (χ0) is 9.42. The number of aromatic nitrogens is 2. The zero-order valence-electron chi connectivity index (χ0n) is 6.97. The summed E-state index contributed by atoms with van der Waals surface area (Å²) < 4.78 is 0.846. The molecule has 0 fully saturated rings. The van der Waals surface area contributed by atoms with Crippen molar-refractivity contribution in [1.29, 1.82) is 0 Å². The van der Waals surface area contributed by atoms with Crippen LogP contribution in [-0.4, -0.2) is 9.97 Å². The van der Waals surface area contributed by atoms with E-state index in [1.165, 1.54) is 0 Å². The van der Waals surface area contributed by atoms with Crippen molar-refractivity contribution in [3.63, 3.8) is 0 Å². The molecule has 4 heteroatoms. The van der Waals surface area contributed by atoms with E-state index in [0.717, 1.165) is 4.47 Å². The van der Waals surface area contributed by atoms with Crippen molar-refractivity contribution >= 4 is 26.8 Å². The van der Waals surface area contributed by atoms with Gasteiger partial charge in [-0.25, -0.2) is 4.98 Å². The van der Waals surface area contributed by atoms with Gasteiger partial charge in [0.1, 0.15) is 5.82 Å². The minimum atomic E-state index is -0.0937. The van der Waals surface area contributed by atoms with Crippen LogP contribution in [0.4, 0.5) is 0 Å². The van der Waals surface area contributed by atoms with Crippen molar-refractivity contribution in [2.24, 2.45) is 0 Å². The summed E-state index contributed by atoms with van der Waals surface area (Å²) in [5.41, 5.74) is 0.618. The summed E-state index contributed by atoms with van der Waals surface area (Å²) in [6, 6.07) is 5.44. The average Bonchev–Trinajstić information content (AvgIpc) is 2.07. The van der Waals surface area contributed by atoms with E-state index in [0.29, 0.717) is 16.7 Å². The van der Waals surface area contributed by atoms with Gasteiger partial charge in [0.2, 0.25) is 0 Å². The number of nitrogens with zero attached hydrogens (tertiary/aromatic N) is 1. The lowest BCUT2D eigenvalue weighted by Crippen LogP contribution is -2.09. The molecule has 3 nitrogen and oxygen atoms in total. The molecule has 0 aliphatic carbocycles.